The maximum atomic E-state index is 5.00. The van der Waals surface area contributed by atoms with Crippen LogP contribution in [0.2, 0.25) is 0 Å². The van der Waals surface area contributed by atoms with Gasteiger partial charge in [-0.15, -0.1) is 0 Å². The molecule has 0 atom stereocenters. The smallest absolute Gasteiger partial charge is 0.194 e. The Kier molecular flexibility index (Phi) is 5.16. The van der Waals surface area contributed by atoms with Gasteiger partial charge in [0.15, 0.2) is 5.96 Å². The zero-order chi connectivity index (χ0) is 17.2. The van der Waals surface area contributed by atoms with Crippen LogP contribution in [-0.2, 0) is 26.4 Å². The van der Waals surface area contributed by atoms with Gasteiger partial charge in [-0.05, 0) is 44.4 Å². The molecule has 134 valence electrons. The largest absolute Gasteiger partial charge is 0.357 e. The first-order valence-electron chi connectivity index (χ1n) is 9.69. The molecule has 24 heavy (non-hydrogen) atoms. The third-order valence-corrected chi connectivity index (χ3v) is 5.90. The molecule has 1 saturated heterocycles. The Hall–Kier alpha value is -1.52. The predicted octanol–water partition coefficient (Wildman–Crippen LogP) is 2.89. The van der Waals surface area contributed by atoms with E-state index in [9.17, 15) is 0 Å². The van der Waals surface area contributed by atoms with Crippen LogP contribution in [0.15, 0.2) is 4.99 Å². The Balaban J connectivity index is 1.77. The van der Waals surface area contributed by atoms with E-state index in [-0.39, 0.29) is 0 Å². The summed E-state index contributed by atoms with van der Waals surface area (Å²) in [6.45, 7) is 10.6. The molecule has 2 heterocycles. The lowest BCUT2D eigenvalue weighted by atomic mass is 9.68. The molecule has 0 aromatic carbocycles. The number of nitrogens with zero attached hydrogens (tertiary/aromatic N) is 4. The molecule has 5 heteroatoms. The first kappa shape index (κ1) is 17.3. The van der Waals surface area contributed by atoms with E-state index < -0.39 is 0 Å². The molecule has 1 aliphatic carbocycles. The average Bonchev–Trinajstić information content (AvgIpc) is 3.12. The number of hydrogen-bond donors (Lipinski definition) is 1. The second-order valence-corrected chi connectivity index (χ2v) is 7.40. The summed E-state index contributed by atoms with van der Waals surface area (Å²) < 4.78 is 2.04. The van der Waals surface area contributed by atoms with Gasteiger partial charge in [0.05, 0.1) is 12.2 Å². The summed E-state index contributed by atoms with van der Waals surface area (Å²) in [6.07, 6.45) is 7.55. The SMILES string of the molecule is CCNC(=NCc1c(CC)nn(C)c1CC)N1CCC2(CCC2)C1. The summed E-state index contributed by atoms with van der Waals surface area (Å²) in [5.74, 6) is 1.09. The highest BCUT2D eigenvalue weighted by atomic mass is 15.3. The van der Waals surface area contributed by atoms with Crippen LogP contribution >= 0.6 is 0 Å². The second-order valence-electron chi connectivity index (χ2n) is 7.40. The van der Waals surface area contributed by atoms with E-state index >= 15 is 0 Å². The van der Waals surface area contributed by atoms with Gasteiger partial charge < -0.3 is 10.2 Å². The summed E-state index contributed by atoms with van der Waals surface area (Å²) in [6, 6.07) is 0. The Morgan fingerprint density at radius 3 is 2.54 bits per heavy atom. The van der Waals surface area contributed by atoms with Crippen molar-refractivity contribution in [2.75, 3.05) is 19.6 Å². The van der Waals surface area contributed by atoms with E-state index in [1.165, 1.54) is 49.2 Å². The van der Waals surface area contributed by atoms with Crippen molar-refractivity contribution in [1.82, 2.24) is 20.0 Å². The van der Waals surface area contributed by atoms with E-state index in [1.54, 1.807) is 0 Å². The first-order valence-corrected chi connectivity index (χ1v) is 9.69. The number of aliphatic imine (C=N–C) groups is 1. The lowest BCUT2D eigenvalue weighted by Gasteiger charge is -2.38. The van der Waals surface area contributed by atoms with Crippen molar-refractivity contribution in [3.8, 4) is 0 Å². The van der Waals surface area contributed by atoms with E-state index in [0.29, 0.717) is 5.41 Å². The van der Waals surface area contributed by atoms with Gasteiger partial charge in [0, 0.05) is 37.9 Å². The van der Waals surface area contributed by atoms with Crippen LogP contribution in [0.3, 0.4) is 0 Å². The zero-order valence-corrected chi connectivity index (χ0v) is 15.9. The lowest BCUT2D eigenvalue weighted by molar-refractivity contribution is 0.151. The molecular weight excluding hydrogens is 298 g/mol. The third-order valence-electron chi connectivity index (χ3n) is 5.90. The lowest BCUT2D eigenvalue weighted by Crippen LogP contribution is -2.42. The van der Waals surface area contributed by atoms with Crippen molar-refractivity contribution in [3.05, 3.63) is 17.0 Å². The van der Waals surface area contributed by atoms with Crippen LogP contribution in [-0.4, -0.2) is 40.3 Å². The average molecular weight is 332 g/mol. The number of rotatable bonds is 5. The second kappa shape index (κ2) is 7.16. The molecule has 0 unspecified atom stereocenters. The molecule has 2 aliphatic rings. The minimum Gasteiger partial charge on any atom is -0.357 e. The summed E-state index contributed by atoms with van der Waals surface area (Å²) >= 11 is 0. The monoisotopic (exact) mass is 331 g/mol. The minimum atomic E-state index is 0.605. The molecule has 1 aliphatic heterocycles. The highest BCUT2D eigenvalue weighted by Gasteiger charge is 2.43. The molecule has 0 bridgehead atoms. The fraction of sp³-hybridized carbons (Fsp3) is 0.789. The van der Waals surface area contributed by atoms with Crippen molar-refractivity contribution >= 4 is 5.96 Å². The number of likely N-dealkylation sites (tertiary alicyclic amines) is 1. The van der Waals surface area contributed by atoms with Gasteiger partial charge in [-0.1, -0.05) is 20.3 Å². The molecule has 0 amide bonds. The van der Waals surface area contributed by atoms with Gasteiger partial charge in [-0.2, -0.15) is 5.10 Å². The van der Waals surface area contributed by atoms with Crippen LogP contribution in [0.25, 0.3) is 0 Å². The van der Waals surface area contributed by atoms with Crippen molar-refractivity contribution in [3.63, 3.8) is 0 Å². The van der Waals surface area contributed by atoms with Gasteiger partial charge in [0.2, 0.25) is 0 Å². The molecule has 1 saturated carbocycles. The van der Waals surface area contributed by atoms with E-state index in [2.05, 4.69) is 43.1 Å². The highest BCUT2D eigenvalue weighted by molar-refractivity contribution is 5.80. The van der Waals surface area contributed by atoms with Crippen molar-refractivity contribution in [2.45, 2.75) is 65.8 Å². The molecule has 1 aromatic heterocycles. The van der Waals surface area contributed by atoms with Crippen LogP contribution in [0.4, 0.5) is 0 Å². The van der Waals surface area contributed by atoms with E-state index in [4.69, 9.17) is 4.99 Å². The van der Waals surface area contributed by atoms with Crippen LogP contribution in [0.5, 0.6) is 0 Å². The molecule has 1 aromatic rings. The number of guanidine groups is 1. The topological polar surface area (TPSA) is 45.5 Å². The first-order chi connectivity index (χ1) is 11.6. The maximum Gasteiger partial charge on any atom is 0.194 e. The molecule has 3 rings (SSSR count). The summed E-state index contributed by atoms with van der Waals surface area (Å²) in [5.41, 5.74) is 4.46. The van der Waals surface area contributed by atoms with Gasteiger partial charge in [-0.25, -0.2) is 4.99 Å². The summed E-state index contributed by atoms with van der Waals surface area (Å²) in [7, 11) is 2.05. The summed E-state index contributed by atoms with van der Waals surface area (Å²) in [5, 5.41) is 8.19. The standard InChI is InChI=1S/C19H33N5/c1-5-16-15(17(6-2)23(4)22-16)13-21-18(20-7-3)24-12-11-19(14-24)9-8-10-19/h5-14H2,1-4H3,(H,20,21). The fourth-order valence-electron chi connectivity index (χ4n) is 4.35. The number of nitrogens with one attached hydrogen (secondary N) is 1. The minimum absolute atomic E-state index is 0.605. The van der Waals surface area contributed by atoms with Gasteiger partial charge in [-0.3, -0.25) is 4.68 Å². The maximum absolute atomic E-state index is 5.00. The van der Waals surface area contributed by atoms with Crippen molar-refractivity contribution in [1.29, 1.82) is 0 Å². The van der Waals surface area contributed by atoms with Crippen molar-refractivity contribution < 1.29 is 0 Å². The predicted molar refractivity (Wildman–Crippen MR) is 99.3 cm³/mol. The normalized spacial score (nSPS) is 19.8. The number of aromatic nitrogens is 2. The number of aryl methyl sites for hydroxylation is 2. The van der Waals surface area contributed by atoms with Gasteiger partial charge in [0.25, 0.3) is 0 Å². The third kappa shape index (κ3) is 3.17. The molecule has 5 nitrogen and oxygen atoms in total. The van der Waals surface area contributed by atoms with E-state index in [1.807, 2.05) is 4.68 Å². The quantitative estimate of drug-likeness (QED) is 0.666. The van der Waals surface area contributed by atoms with Gasteiger partial charge in [0.1, 0.15) is 0 Å². The van der Waals surface area contributed by atoms with Gasteiger partial charge >= 0.3 is 0 Å². The molecule has 0 radical (unpaired) electrons. The van der Waals surface area contributed by atoms with Crippen LogP contribution in [0, 0.1) is 5.41 Å². The molecule has 2 fully saturated rings. The van der Waals surface area contributed by atoms with Crippen LogP contribution < -0.4 is 5.32 Å². The van der Waals surface area contributed by atoms with Crippen LogP contribution in [0.1, 0.15) is 63.4 Å². The number of hydrogen-bond acceptors (Lipinski definition) is 2. The Bertz CT molecular complexity index is 597. The fourth-order valence-corrected chi connectivity index (χ4v) is 4.35. The Morgan fingerprint density at radius 1 is 1.21 bits per heavy atom. The zero-order valence-electron chi connectivity index (χ0n) is 15.9. The Labute approximate surface area is 146 Å². The molecular formula is C19H33N5. The molecule has 1 spiro atoms. The molecule has 1 N–H and O–H groups in total. The summed E-state index contributed by atoms with van der Waals surface area (Å²) in [4.78, 5) is 7.48. The highest BCUT2D eigenvalue weighted by Crippen LogP contribution is 2.47. The van der Waals surface area contributed by atoms with Crippen molar-refractivity contribution in [2.24, 2.45) is 17.5 Å². The Morgan fingerprint density at radius 2 is 2.00 bits per heavy atom. The van der Waals surface area contributed by atoms with E-state index in [0.717, 1.165) is 38.4 Å².